The zero-order chi connectivity index (χ0) is 16.4. The second kappa shape index (κ2) is 7.00. The van der Waals surface area contributed by atoms with Crippen LogP contribution in [0, 0.1) is 17.8 Å². The van der Waals surface area contributed by atoms with E-state index in [-0.39, 0.29) is 6.09 Å². The summed E-state index contributed by atoms with van der Waals surface area (Å²) in [5.74, 6) is 2.51. The Kier molecular flexibility index (Phi) is 5.19. The molecule has 2 N–H and O–H groups in total. The number of hydrogen-bond acceptors (Lipinski definition) is 3. The first-order chi connectivity index (χ1) is 10.9. The molecule has 0 saturated heterocycles. The number of amides is 1. The number of ether oxygens (including phenoxy) is 1. The van der Waals surface area contributed by atoms with Gasteiger partial charge in [0, 0.05) is 18.6 Å². The van der Waals surface area contributed by atoms with Crippen LogP contribution in [0.1, 0.15) is 72.1 Å². The van der Waals surface area contributed by atoms with Crippen LogP contribution < -0.4 is 10.6 Å². The molecular weight excluding hydrogens is 288 g/mol. The molecule has 3 aliphatic carbocycles. The van der Waals surface area contributed by atoms with Crippen molar-refractivity contribution in [1.29, 1.82) is 0 Å². The molecule has 0 radical (unpaired) electrons. The molecule has 1 unspecified atom stereocenters. The van der Waals surface area contributed by atoms with Gasteiger partial charge in [-0.3, -0.25) is 0 Å². The van der Waals surface area contributed by atoms with Crippen molar-refractivity contribution in [2.24, 2.45) is 17.8 Å². The molecule has 0 aromatic carbocycles. The summed E-state index contributed by atoms with van der Waals surface area (Å²) in [4.78, 5) is 12.0. The summed E-state index contributed by atoms with van der Waals surface area (Å²) in [6.07, 6.45) is 10.6. The zero-order valence-corrected chi connectivity index (χ0v) is 15.1. The summed E-state index contributed by atoms with van der Waals surface area (Å²) >= 11 is 0. The molecule has 3 fully saturated rings. The van der Waals surface area contributed by atoms with Crippen molar-refractivity contribution in [3.8, 4) is 0 Å². The number of alkyl carbamates (subject to hydrolysis) is 1. The van der Waals surface area contributed by atoms with E-state index in [0.717, 1.165) is 11.8 Å². The number of carbonyl (C=O) groups is 1. The van der Waals surface area contributed by atoms with Crippen LogP contribution in [-0.2, 0) is 4.74 Å². The fourth-order valence-electron chi connectivity index (χ4n) is 4.04. The Bertz CT molecular complexity index is 392. The van der Waals surface area contributed by atoms with Gasteiger partial charge in [-0.05, 0) is 77.0 Å². The van der Waals surface area contributed by atoms with Crippen LogP contribution in [0.25, 0.3) is 0 Å². The van der Waals surface area contributed by atoms with Crippen LogP contribution in [0.5, 0.6) is 0 Å². The molecule has 0 heterocycles. The van der Waals surface area contributed by atoms with E-state index in [1.807, 2.05) is 20.8 Å². The van der Waals surface area contributed by atoms with E-state index in [1.54, 1.807) is 0 Å². The van der Waals surface area contributed by atoms with E-state index < -0.39 is 5.60 Å². The van der Waals surface area contributed by atoms with Crippen LogP contribution in [0.15, 0.2) is 0 Å². The Balaban J connectivity index is 1.53. The molecular formula is C19H34N2O2. The first kappa shape index (κ1) is 17.1. The largest absolute Gasteiger partial charge is 0.444 e. The first-order valence-corrected chi connectivity index (χ1v) is 9.65. The second-order valence-electron chi connectivity index (χ2n) is 8.90. The molecule has 0 aromatic rings. The van der Waals surface area contributed by atoms with Gasteiger partial charge in [-0.25, -0.2) is 4.79 Å². The van der Waals surface area contributed by atoms with Gasteiger partial charge in [0.25, 0.3) is 0 Å². The van der Waals surface area contributed by atoms with E-state index in [0.29, 0.717) is 24.5 Å². The van der Waals surface area contributed by atoms with Gasteiger partial charge < -0.3 is 15.4 Å². The van der Waals surface area contributed by atoms with E-state index in [1.165, 1.54) is 51.4 Å². The Morgan fingerprint density at radius 2 is 1.57 bits per heavy atom. The van der Waals surface area contributed by atoms with Gasteiger partial charge in [-0.15, -0.1) is 0 Å². The lowest BCUT2D eigenvalue weighted by atomic mass is 9.95. The van der Waals surface area contributed by atoms with Gasteiger partial charge in [0.05, 0.1) is 0 Å². The van der Waals surface area contributed by atoms with E-state index >= 15 is 0 Å². The fourth-order valence-corrected chi connectivity index (χ4v) is 4.04. The predicted octanol–water partition coefficient (Wildman–Crippen LogP) is 3.85. The van der Waals surface area contributed by atoms with Gasteiger partial charge in [0.2, 0.25) is 0 Å². The van der Waals surface area contributed by atoms with Crippen molar-refractivity contribution in [2.75, 3.05) is 6.54 Å². The molecule has 3 saturated carbocycles. The average molecular weight is 322 g/mol. The molecule has 0 aliphatic heterocycles. The monoisotopic (exact) mass is 322 g/mol. The number of hydrogen-bond donors (Lipinski definition) is 2. The van der Waals surface area contributed by atoms with E-state index in [9.17, 15) is 4.79 Å². The van der Waals surface area contributed by atoms with Crippen LogP contribution in [-0.4, -0.2) is 30.3 Å². The Labute approximate surface area is 141 Å². The quantitative estimate of drug-likeness (QED) is 0.748. The first-order valence-electron chi connectivity index (χ1n) is 9.65. The summed E-state index contributed by atoms with van der Waals surface area (Å²) in [7, 11) is 0. The lowest BCUT2D eigenvalue weighted by molar-refractivity contribution is 0.0516. The molecule has 0 aromatic heterocycles. The molecule has 3 aliphatic rings. The highest BCUT2D eigenvalue weighted by Crippen LogP contribution is 2.45. The summed E-state index contributed by atoms with van der Waals surface area (Å²) < 4.78 is 5.40. The highest BCUT2D eigenvalue weighted by molar-refractivity contribution is 5.67. The van der Waals surface area contributed by atoms with Crippen molar-refractivity contribution in [3.63, 3.8) is 0 Å². The van der Waals surface area contributed by atoms with Crippen LogP contribution >= 0.6 is 0 Å². The van der Waals surface area contributed by atoms with Gasteiger partial charge in [-0.1, -0.05) is 12.8 Å². The van der Waals surface area contributed by atoms with Gasteiger partial charge >= 0.3 is 6.09 Å². The van der Waals surface area contributed by atoms with Crippen LogP contribution in [0.2, 0.25) is 0 Å². The van der Waals surface area contributed by atoms with Crippen LogP contribution in [0.3, 0.4) is 0 Å². The highest BCUT2D eigenvalue weighted by Gasteiger charge is 2.43. The fraction of sp³-hybridized carbons (Fsp3) is 0.947. The van der Waals surface area contributed by atoms with Crippen molar-refractivity contribution in [3.05, 3.63) is 0 Å². The molecule has 1 amide bonds. The summed E-state index contributed by atoms with van der Waals surface area (Å²) in [6.45, 7) is 6.44. The van der Waals surface area contributed by atoms with Crippen LogP contribution in [0.4, 0.5) is 4.79 Å². The third-order valence-electron chi connectivity index (χ3n) is 5.50. The molecule has 1 atom stereocenters. The van der Waals surface area contributed by atoms with Gasteiger partial charge in [0.15, 0.2) is 0 Å². The predicted molar refractivity (Wildman–Crippen MR) is 92.4 cm³/mol. The maximum absolute atomic E-state index is 12.0. The smallest absolute Gasteiger partial charge is 0.407 e. The maximum atomic E-state index is 12.0. The third kappa shape index (κ3) is 5.37. The van der Waals surface area contributed by atoms with Crippen molar-refractivity contribution in [2.45, 2.75) is 89.8 Å². The maximum Gasteiger partial charge on any atom is 0.407 e. The van der Waals surface area contributed by atoms with Crippen molar-refractivity contribution < 1.29 is 9.53 Å². The van der Waals surface area contributed by atoms with E-state index in [4.69, 9.17) is 4.74 Å². The molecule has 4 heteroatoms. The van der Waals surface area contributed by atoms with Crippen molar-refractivity contribution >= 4 is 6.09 Å². The normalized spacial score (nSPS) is 24.0. The molecule has 0 spiro atoms. The minimum absolute atomic E-state index is 0.281. The number of carbonyl (C=O) groups excluding carboxylic acids is 1. The molecule has 3 rings (SSSR count). The Morgan fingerprint density at radius 3 is 2.04 bits per heavy atom. The average Bonchev–Trinajstić information content (AvgIpc) is 3.38. The minimum atomic E-state index is -0.426. The molecule has 4 nitrogen and oxygen atoms in total. The summed E-state index contributed by atoms with van der Waals surface area (Å²) in [5.41, 5.74) is -0.426. The van der Waals surface area contributed by atoms with Gasteiger partial charge in [-0.2, -0.15) is 0 Å². The number of nitrogens with one attached hydrogen (secondary N) is 2. The minimum Gasteiger partial charge on any atom is -0.444 e. The lowest BCUT2D eigenvalue weighted by Crippen LogP contribution is -2.51. The summed E-state index contributed by atoms with van der Waals surface area (Å²) in [6, 6.07) is 1.11. The zero-order valence-electron chi connectivity index (χ0n) is 15.1. The molecule has 0 bridgehead atoms. The van der Waals surface area contributed by atoms with Gasteiger partial charge in [0.1, 0.15) is 5.60 Å². The number of rotatable bonds is 7. The standard InChI is InChI=1S/C19H34N2O2/c1-19(2,3)23-18(22)20-12-16(13-6-4-5-7-13)21-17(14-8-9-14)15-10-11-15/h13-17,21H,4-12H2,1-3H3,(H,20,22). The third-order valence-corrected chi connectivity index (χ3v) is 5.50. The Morgan fingerprint density at radius 1 is 1.00 bits per heavy atom. The topological polar surface area (TPSA) is 50.4 Å². The Hall–Kier alpha value is -0.770. The van der Waals surface area contributed by atoms with Crippen molar-refractivity contribution in [1.82, 2.24) is 10.6 Å². The molecule has 132 valence electrons. The molecule has 23 heavy (non-hydrogen) atoms. The summed E-state index contributed by atoms with van der Waals surface area (Å²) in [5, 5.41) is 6.98. The second-order valence-corrected chi connectivity index (χ2v) is 8.90. The SMILES string of the molecule is CC(C)(C)OC(=O)NCC(NC(C1CC1)C1CC1)C1CCCC1. The highest BCUT2D eigenvalue weighted by atomic mass is 16.6. The lowest BCUT2D eigenvalue weighted by Gasteiger charge is -2.31. The van der Waals surface area contributed by atoms with E-state index in [2.05, 4.69) is 10.6 Å².